The van der Waals surface area contributed by atoms with Gasteiger partial charge < -0.3 is 0 Å². The summed E-state index contributed by atoms with van der Waals surface area (Å²) in [5, 5.41) is 1.12. The summed E-state index contributed by atoms with van der Waals surface area (Å²) in [6.45, 7) is 2.12. The lowest BCUT2D eigenvalue weighted by Crippen LogP contribution is -2.11. The molecule has 0 nitrogen and oxygen atoms in total. The summed E-state index contributed by atoms with van der Waals surface area (Å²) in [4.78, 5) is 0. The highest BCUT2D eigenvalue weighted by Gasteiger charge is 2.14. The zero-order valence-electron chi connectivity index (χ0n) is 11.4. The average Bonchev–Trinajstić information content (AvgIpc) is 2.45. The molecule has 3 heteroatoms. The van der Waals surface area contributed by atoms with Gasteiger partial charge in [-0.2, -0.15) is 0 Å². The first-order valence-corrected chi connectivity index (χ1v) is 8.15. The highest BCUT2D eigenvalue weighted by atomic mass is 79.9. The molecule has 0 saturated carbocycles. The van der Waals surface area contributed by atoms with Gasteiger partial charge in [0, 0.05) is 5.33 Å². The first-order chi connectivity index (χ1) is 9.61. The molecular weight excluding hydrogens is 339 g/mol. The molecule has 1 unspecified atom stereocenters. The van der Waals surface area contributed by atoms with Crippen LogP contribution in [0.3, 0.4) is 0 Å². The van der Waals surface area contributed by atoms with Gasteiger partial charge in [0.05, 0.1) is 5.02 Å². The van der Waals surface area contributed by atoms with E-state index in [0.717, 1.165) is 23.7 Å². The summed E-state index contributed by atoms with van der Waals surface area (Å²) in [7, 11) is 0. The SMILES string of the molecule is Cc1ccccc1CC(CBr)Cc1cccc(F)c1Cl. The minimum absolute atomic E-state index is 0.253. The van der Waals surface area contributed by atoms with Crippen LogP contribution in [0.1, 0.15) is 16.7 Å². The van der Waals surface area contributed by atoms with Gasteiger partial charge in [0.1, 0.15) is 5.82 Å². The molecule has 0 amide bonds. The number of aryl methyl sites for hydroxylation is 1. The highest BCUT2D eigenvalue weighted by Crippen LogP contribution is 2.25. The maximum absolute atomic E-state index is 13.5. The lowest BCUT2D eigenvalue weighted by atomic mass is 9.92. The van der Waals surface area contributed by atoms with Crippen molar-refractivity contribution in [2.75, 3.05) is 5.33 Å². The van der Waals surface area contributed by atoms with Gasteiger partial charge in [-0.05, 0) is 48.4 Å². The Hall–Kier alpha value is -0.860. The lowest BCUT2D eigenvalue weighted by molar-refractivity contribution is 0.581. The predicted molar refractivity (Wildman–Crippen MR) is 87.3 cm³/mol. The van der Waals surface area contributed by atoms with Gasteiger partial charge in [0.15, 0.2) is 0 Å². The predicted octanol–water partition coefficient (Wildman–Crippen LogP) is 5.58. The van der Waals surface area contributed by atoms with Crippen molar-refractivity contribution >= 4 is 27.5 Å². The van der Waals surface area contributed by atoms with E-state index in [4.69, 9.17) is 11.6 Å². The Morgan fingerprint density at radius 2 is 1.70 bits per heavy atom. The van der Waals surface area contributed by atoms with Crippen LogP contribution in [0.25, 0.3) is 0 Å². The van der Waals surface area contributed by atoms with Crippen molar-refractivity contribution in [2.45, 2.75) is 19.8 Å². The molecule has 106 valence electrons. The van der Waals surface area contributed by atoms with E-state index in [1.807, 2.05) is 12.1 Å². The van der Waals surface area contributed by atoms with Crippen molar-refractivity contribution in [2.24, 2.45) is 5.92 Å². The van der Waals surface area contributed by atoms with Crippen LogP contribution in [0, 0.1) is 18.7 Å². The molecule has 2 aromatic rings. The van der Waals surface area contributed by atoms with E-state index >= 15 is 0 Å². The molecule has 0 aliphatic carbocycles. The van der Waals surface area contributed by atoms with Crippen LogP contribution in [0.5, 0.6) is 0 Å². The van der Waals surface area contributed by atoms with Gasteiger partial charge in [-0.1, -0.05) is 63.9 Å². The second-order valence-corrected chi connectivity index (χ2v) is 6.09. The Balaban J connectivity index is 2.14. The van der Waals surface area contributed by atoms with Crippen LogP contribution >= 0.6 is 27.5 Å². The average molecular weight is 356 g/mol. The largest absolute Gasteiger partial charge is 0.205 e. The molecule has 0 aromatic heterocycles. The fraction of sp³-hybridized carbons (Fsp3) is 0.294. The molecule has 0 aliphatic heterocycles. The van der Waals surface area contributed by atoms with E-state index in [0.29, 0.717) is 5.92 Å². The van der Waals surface area contributed by atoms with Crippen LogP contribution in [-0.4, -0.2) is 5.33 Å². The zero-order valence-corrected chi connectivity index (χ0v) is 13.7. The molecule has 2 aromatic carbocycles. The molecule has 0 N–H and O–H groups in total. The number of halogens is 3. The van der Waals surface area contributed by atoms with Crippen molar-refractivity contribution in [3.05, 3.63) is 70.0 Å². The van der Waals surface area contributed by atoms with Gasteiger partial charge in [-0.15, -0.1) is 0 Å². The molecule has 0 saturated heterocycles. The Morgan fingerprint density at radius 1 is 1.05 bits per heavy atom. The van der Waals surface area contributed by atoms with Gasteiger partial charge in [-0.25, -0.2) is 4.39 Å². The summed E-state index contributed by atoms with van der Waals surface area (Å²) in [6, 6.07) is 13.4. The second-order valence-electron chi connectivity index (χ2n) is 5.07. The fourth-order valence-corrected chi connectivity index (χ4v) is 3.01. The van der Waals surface area contributed by atoms with E-state index < -0.39 is 0 Å². The molecule has 2 rings (SSSR count). The van der Waals surface area contributed by atoms with Crippen LogP contribution in [0.4, 0.5) is 4.39 Å². The zero-order chi connectivity index (χ0) is 14.5. The van der Waals surface area contributed by atoms with Gasteiger partial charge in [0.25, 0.3) is 0 Å². The quantitative estimate of drug-likeness (QED) is 0.614. The molecule has 1 atom stereocenters. The summed E-state index contributed by atoms with van der Waals surface area (Å²) in [5.74, 6) is 0.0591. The molecule has 0 aliphatic rings. The third-order valence-electron chi connectivity index (χ3n) is 3.53. The summed E-state index contributed by atoms with van der Waals surface area (Å²) in [5.41, 5.74) is 3.51. The number of alkyl halides is 1. The number of benzene rings is 2. The molecule has 0 radical (unpaired) electrons. The standard InChI is InChI=1S/C17H17BrClF/c1-12-5-2-3-6-14(12)9-13(11-18)10-15-7-4-8-16(20)17(15)19/h2-8,13H,9-11H2,1H3. The fourth-order valence-electron chi connectivity index (χ4n) is 2.35. The van der Waals surface area contributed by atoms with Gasteiger partial charge in [-0.3, -0.25) is 0 Å². The maximum Gasteiger partial charge on any atom is 0.142 e. The van der Waals surface area contributed by atoms with Crippen LogP contribution in [0.15, 0.2) is 42.5 Å². The number of hydrogen-bond acceptors (Lipinski definition) is 0. The molecule has 0 heterocycles. The Morgan fingerprint density at radius 3 is 2.40 bits per heavy atom. The summed E-state index contributed by atoms with van der Waals surface area (Å²) >= 11 is 9.60. The van der Waals surface area contributed by atoms with Crippen molar-refractivity contribution in [3.63, 3.8) is 0 Å². The number of rotatable bonds is 5. The Labute approximate surface area is 133 Å². The highest BCUT2D eigenvalue weighted by molar-refractivity contribution is 9.09. The number of hydrogen-bond donors (Lipinski definition) is 0. The van der Waals surface area contributed by atoms with E-state index in [-0.39, 0.29) is 10.8 Å². The van der Waals surface area contributed by atoms with Crippen LogP contribution in [0.2, 0.25) is 5.02 Å². The summed E-state index contributed by atoms with van der Waals surface area (Å²) < 4.78 is 13.5. The van der Waals surface area contributed by atoms with E-state index in [9.17, 15) is 4.39 Å². The topological polar surface area (TPSA) is 0 Å². The van der Waals surface area contributed by atoms with Crippen molar-refractivity contribution in [3.8, 4) is 0 Å². The minimum Gasteiger partial charge on any atom is -0.205 e. The van der Waals surface area contributed by atoms with Gasteiger partial charge >= 0.3 is 0 Å². The van der Waals surface area contributed by atoms with Crippen LogP contribution in [-0.2, 0) is 12.8 Å². The van der Waals surface area contributed by atoms with Crippen molar-refractivity contribution in [1.29, 1.82) is 0 Å². The monoisotopic (exact) mass is 354 g/mol. The Bertz CT molecular complexity index is 583. The Kier molecular flexibility index (Phi) is 5.62. The smallest absolute Gasteiger partial charge is 0.142 e. The van der Waals surface area contributed by atoms with E-state index in [1.165, 1.54) is 17.2 Å². The first-order valence-electron chi connectivity index (χ1n) is 6.65. The third kappa shape index (κ3) is 3.83. The van der Waals surface area contributed by atoms with Gasteiger partial charge in [0.2, 0.25) is 0 Å². The molecule has 0 fully saturated rings. The molecule has 0 spiro atoms. The van der Waals surface area contributed by atoms with Crippen molar-refractivity contribution in [1.82, 2.24) is 0 Å². The maximum atomic E-state index is 13.5. The molecular formula is C17H17BrClF. The summed E-state index contributed by atoms with van der Waals surface area (Å²) in [6.07, 6.45) is 1.74. The minimum atomic E-state index is -0.339. The third-order valence-corrected chi connectivity index (χ3v) is 4.87. The normalized spacial score (nSPS) is 12.4. The molecule has 20 heavy (non-hydrogen) atoms. The first kappa shape index (κ1) is 15.5. The van der Waals surface area contributed by atoms with Crippen molar-refractivity contribution < 1.29 is 4.39 Å². The lowest BCUT2D eigenvalue weighted by Gasteiger charge is -2.16. The van der Waals surface area contributed by atoms with E-state index in [1.54, 1.807) is 6.07 Å². The van der Waals surface area contributed by atoms with Crippen LogP contribution < -0.4 is 0 Å². The van der Waals surface area contributed by atoms with E-state index in [2.05, 4.69) is 41.1 Å². The second kappa shape index (κ2) is 7.24. The molecule has 0 bridgehead atoms.